The summed E-state index contributed by atoms with van der Waals surface area (Å²) in [5.74, 6) is 0.509. The van der Waals surface area contributed by atoms with Crippen molar-refractivity contribution in [1.82, 2.24) is 4.57 Å². The fourth-order valence-corrected chi connectivity index (χ4v) is 3.64. The third-order valence-electron chi connectivity index (χ3n) is 5.13. The van der Waals surface area contributed by atoms with E-state index in [1.165, 1.54) is 12.1 Å². The summed E-state index contributed by atoms with van der Waals surface area (Å²) in [6, 6.07) is 26.9. The van der Waals surface area contributed by atoms with E-state index in [0.717, 1.165) is 33.6 Å². The summed E-state index contributed by atoms with van der Waals surface area (Å²) >= 11 is 0. The Bertz CT molecular complexity index is 1200. The van der Waals surface area contributed by atoms with E-state index in [0.29, 0.717) is 13.0 Å². The van der Waals surface area contributed by atoms with E-state index in [9.17, 15) is 9.65 Å². The van der Waals surface area contributed by atoms with E-state index >= 15 is 0 Å². The highest BCUT2D eigenvalue weighted by Gasteiger charge is 2.22. The van der Waals surface area contributed by atoms with Crippen LogP contribution in [-0.2, 0) is 13.0 Å². The molecule has 1 heterocycles. The molecule has 0 unspecified atom stereocenters. The van der Waals surface area contributed by atoms with Crippen molar-refractivity contribution in [3.05, 3.63) is 95.9 Å². The van der Waals surface area contributed by atoms with Gasteiger partial charge in [0.15, 0.2) is 0 Å². The highest BCUT2D eigenvalue weighted by Crippen LogP contribution is 2.34. The van der Waals surface area contributed by atoms with Crippen LogP contribution in [0.15, 0.2) is 78.9 Å². The number of hydrogen-bond acceptors (Lipinski definition) is 2. The smallest absolute Gasteiger partial charge is 0.129 e. The van der Waals surface area contributed by atoms with E-state index in [1.54, 1.807) is 12.1 Å². The van der Waals surface area contributed by atoms with Gasteiger partial charge in [-0.2, -0.15) is 5.26 Å². The van der Waals surface area contributed by atoms with E-state index < -0.39 is 5.41 Å². The Labute approximate surface area is 176 Å². The Morgan fingerprint density at radius 2 is 1.70 bits per heavy atom. The maximum Gasteiger partial charge on any atom is 0.129 e. The van der Waals surface area contributed by atoms with Gasteiger partial charge in [-0.25, -0.2) is 4.39 Å². The lowest BCUT2D eigenvalue weighted by atomic mass is 9.89. The molecule has 0 radical (unpaired) electrons. The first-order valence-electron chi connectivity index (χ1n) is 9.94. The van der Waals surface area contributed by atoms with Crippen LogP contribution in [0.1, 0.15) is 25.1 Å². The Morgan fingerprint density at radius 1 is 0.967 bits per heavy atom. The second-order valence-electron chi connectivity index (χ2n) is 8.08. The Kier molecular flexibility index (Phi) is 5.29. The minimum absolute atomic E-state index is 0.277. The number of fused-ring (bicyclic) bond motifs is 1. The van der Waals surface area contributed by atoms with Crippen LogP contribution in [0.3, 0.4) is 0 Å². The van der Waals surface area contributed by atoms with Crippen LogP contribution in [0.5, 0.6) is 5.75 Å². The van der Waals surface area contributed by atoms with E-state index in [2.05, 4.69) is 16.7 Å². The molecule has 0 saturated heterocycles. The third-order valence-corrected chi connectivity index (χ3v) is 5.13. The number of rotatable bonds is 6. The van der Waals surface area contributed by atoms with Crippen molar-refractivity contribution in [3.8, 4) is 17.5 Å². The number of halogens is 1. The van der Waals surface area contributed by atoms with Crippen molar-refractivity contribution in [2.24, 2.45) is 5.41 Å². The molecule has 4 heteroatoms. The van der Waals surface area contributed by atoms with Gasteiger partial charge in [-0.15, -0.1) is 0 Å². The van der Waals surface area contributed by atoms with E-state index in [4.69, 9.17) is 4.74 Å². The number of nitriles is 1. The fourth-order valence-electron chi connectivity index (χ4n) is 3.64. The third kappa shape index (κ3) is 4.06. The number of nitrogens with zero attached hydrogens (tertiary/aromatic N) is 2. The first-order valence-corrected chi connectivity index (χ1v) is 9.94. The summed E-state index contributed by atoms with van der Waals surface area (Å²) in [5.41, 5.74) is 3.38. The quantitative estimate of drug-likeness (QED) is 0.375. The van der Waals surface area contributed by atoms with Gasteiger partial charge in [0.05, 0.1) is 17.0 Å². The van der Waals surface area contributed by atoms with E-state index in [1.807, 2.05) is 62.4 Å². The van der Waals surface area contributed by atoms with Gasteiger partial charge in [0.2, 0.25) is 0 Å². The van der Waals surface area contributed by atoms with Gasteiger partial charge in [0, 0.05) is 23.2 Å². The second-order valence-corrected chi connectivity index (χ2v) is 8.08. The lowest BCUT2D eigenvalue weighted by molar-refractivity contribution is 0.310. The van der Waals surface area contributed by atoms with Crippen molar-refractivity contribution in [1.29, 1.82) is 5.26 Å². The molecule has 4 aromatic rings. The highest BCUT2D eigenvalue weighted by molar-refractivity contribution is 5.89. The van der Waals surface area contributed by atoms with Crippen LogP contribution in [0.2, 0.25) is 0 Å². The van der Waals surface area contributed by atoms with Gasteiger partial charge in [-0.3, -0.25) is 0 Å². The van der Waals surface area contributed by atoms with Crippen LogP contribution in [0.4, 0.5) is 4.39 Å². The van der Waals surface area contributed by atoms with E-state index in [-0.39, 0.29) is 5.82 Å². The number of ether oxygens (including phenoxy) is 1. The zero-order valence-electron chi connectivity index (χ0n) is 17.1. The summed E-state index contributed by atoms with van der Waals surface area (Å²) in [5, 5.41) is 10.5. The molecular formula is C26H23FN2O. The first kappa shape index (κ1) is 19.7. The van der Waals surface area contributed by atoms with Crippen LogP contribution >= 0.6 is 0 Å². The van der Waals surface area contributed by atoms with Crippen LogP contribution in [-0.4, -0.2) is 4.57 Å². The topological polar surface area (TPSA) is 37.9 Å². The SMILES string of the molecule is CC(C)(C#N)Cc1cc2c(OCc3ccccc3)cccc2n1-c1ccc(F)cc1. The molecule has 0 aliphatic rings. The summed E-state index contributed by atoms with van der Waals surface area (Å²) < 4.78 is 21.8. The summed E-state index contributed by atoms with van der Waals surface area (Å²) in [7, 11) is 0. The lowest BCUT2D eigenvalue weighted by Gasteiger charge is -2.18. The maximum absolute atomic E-state index is 13.5. The molecule has 0 amide bonds. The molecule has 150 valence electrons. The maximum atomic E-state index is 13.5. The van der Waals surface area contributed by atoms with Crippen LogP contribution in [0.25, 0.3) is 16.6 Å². The standard InChI is InChI=1S/C26H23FN2O/c1-26(2,18-28)16-22-15-23-24(29(22)21-13-11-20(27)12-14-21)9-6-10-25(23)30-17-19-7-4-3-5-8-19/h3-15H,16-17H2,1-2H3. The first-order chi connectivity index (χ1) is 14.5. The lowest BCUT2D eigenvalue weighted by Crippen LogP contribution is -2.14. The molecule has 0 fully saturated rings. The van der Waals surface area contributed by atoms with Crippen molar-refractivity contribution < 1.29 is 9.13 Å². The van der Waals surface area contributed by atoms with Crippen molar-refractivity contribution in [2.75, 3.05) is 0 Å². The molecule has 30 heavy (non-hydrogen) atoms. The van der Waals surface area contributed by atoms with Gasteiger partial charge in [-0.1, -0.05) is 36.4 Å². The molecule has 0 spiro atoms. The predicted octanol–water partition coefficient (Wildman–Crippen LogP) is 6.44. The molecule has 3 aromatic carbocycles. The molecule has 1 aromatic heterocycles. The second kappa shape index (κ2) is 8.04. The molecule has 0 bridgehead atoms. The summed E-state index contributed by atoms with van der Waals surface area (Å²) in [4.78, 5) is 0. The minimum atomic E-state index is -0.531. The molecule has 3 nitrogen and oxygen atoms in total. The summed E-state index contributed by atoms with van der Waals surface area (Å²) in [6.07, 6.45) is 0.563. The van der Waals surface area contributed by atoms with Crippen molar-refractivity contribution >= 4 is 10.9 Å². The molecule has 4 rings (SSSR count). The Hall–Kier alpha value is -3.58. The van der Waals surface area contributed by atoms with Crippen LogP contribution in [0, 0.1) is 22.6 Å². The monoisotopic (exact) mass is 398 g/mol. The molecule has 0 N–H and O–H groups in total. The predicted molar refractivity (Wildman–Crippen MR) is 117 cm³/mol. The largest absolute Gasteiger partial charge is 0.488 e. The summed E-state index contributed by atoms with van der Waals surface area (Å²) in [6.45, 7) is 4.32. The molecule has 0 saturated carbocycles. The van der Waals surface area contributed by atoms with Crippen molar-refractivity contribution in [2.45, 2.75) is 26.9 Å². The Morgan fingerprint density at radius 3 is 2.40 bits per heavy atom. The number of hydrogen-bond donors (Lipinski definition) is 0. The molecule has 0 aliphatic heterocycles. The molecular weight excluding hydrogens is 375 g/mol. The molecule has 0 atom stereocenters. The zero-order valence-corrected chi connectivity index (χ0v) is 17.1. The highest BCUT2D eigenvalue weighted by atomic mass is 19.1. The fraction of sp³-hybridized carbons (Fsp3) is 0.192. The number of benzene rings is 3. The van der Waals surface area contributed by atoms with Gasteiger partial charge in [0.25, 0.3) is 0 Å². The number of aromatic nitrogens is 1. The zero-order chi connectivity index (χ0) is 21.1. The normalized spacial score (nSPS) is 11.4. The average Bonchev–Trinajstić information content (AvgIpc) is 3.11. The van der Waals surface area contributed by atoms with Gasteiger partial charge in [0.1, 0.15) is 18.2 Å². The average molecular weight is 398 g/mol. The van der Waals surface area contributed by atoms with Crippen molar-refractivity contribution in [3.63, 3.8) is 0 Å². The van der Waals surface area contributed by atoms with Gasteiger partial charge < -0.3 is 9.30 Å². The molecule has 0 aliphatic carbocycles. The van der Waals surface area contributed by atoms with Crippen LogP contribution < -0.4 is 4.74 Å². The minimum Gasteiger partial charge on any atom is -0.488 e. The van der Waals surface area contributed by atoms with Gasteiger partial charge in [-0.05, 0) is 61.9 Å². The van der Waals surface area contributed by atoms with Gasteiger partial charge >= 0.3 is 0 Å². The Balaban J connectivity index is 1.81.